The normalized spacial score (nSPS) is 23.3. The van der Waals surface area contributed by atoms with Gasteiger partial charge in [-0.05, 0) is 36.8 Å². The van der Waals surface area contributed by atoms with Crippen LogP contribution in [-0.4, -0.2) is 49.0 Å². The summed E-state index contributed by atoms with van der Waals surface area (Å²) in [4.78, 5) is 29.1. The molecular formula is C29H23ClF3N7OS. The lowest BCUT2D eigenvalue weighted by Crippen LogP contribution is -2.40. The number of amides is 1. The predicted octanol–water partition coefficient (Wildman–Crippen LogP) is 5.83. The maximum Gasteiger partial charge on any atom is 0.333 e. The maximum absolute atomic E-state index is 14.0. The highest BCUT2D eigenvalue weighted by atomic mass is 35.5. The van der Waals surface area contributed by atoms with E-state index in [-0.39, 0.29) is 28.8 Å². The number of aliphatic imine (C=N–C) groups is 1. The number of nitrogens with zero attached hydrogens (tertiary/aromatic N) is 6. The molecule has 42 heavy (non-hydrogen) atoms. The van der Waals surface area contributed by atoms with E-state index in [4.69, 9.17) is 16.6 Å². The number of hydrogen-bond acceptors (Lipinski definition) is 7. The molecule has 1 aliphatic carbocycles. The first-order chi connectivity index (χ1) is 20.4. The van der Waals surface area contributed by atoms with Crippen molar-refractivity contribution in [1.82, 2.24) is 30.0 Å². The molecule has 0 spiro atoms. The Balaban J connectivity index is 1.27. The minimum atomic E-state index is -2.83. The maximum atomic E-state index is 14.0. The third kappa shape index (κ3) is 4.88. The van der Waals surface area contributed by atoms with Crippen molar-refractivity contribution in [1.29, 1.82) is 0 Å². The zero-order chi connectivity index (χ0) is 29.0. The van der Waals surface area contributed by atoms with E-state index in [0.29, 0.717) is 45.3 Å². The molecule has 1 aromatic carbocycles. The third-order valence-electron chi connectivity index (χ3n) is 7.77. The van der Waals surface area contributed by atoms with Gasteiger partial charge in [-0.2, -0.15) is 13.9 Å². The van der Waals surface area contributed by atoms with Crippen LogP contribution < -0.4 is 5.32 Å². The van der Waals surface area contributed by atoms with Gasteiger partial charge in [-0.1, -0.05) is 23.7 Å². The summed E-state index contributed by atoms with van der Waals surface area (Å²) >= 11 is 7.93. The van der Waals surface area contributed by atoms with Crippen molar-refractivity contribution < 1.29 is 18.0 Å². The van der Waals surface area contributed by atoms with Crippen LogP contribution in [0.5, 0.6) is 0 Å². The first-order valence-corrected chi connectivity index (χ1v) is 14.6. The molecule has 0 unspecified atom stereocenters. The van der Waals surface area contributed by atoms with Gasteiger partial charge in [0.25, 0.3) is 0 Å². The van der Waals surface area contributed by atoms with Crippen LogP contribution in [0.1, 0.15) is 53.3 Å². The highest BCUT2D eigenvalue weighted by Gasteiger charge is 2.47. The van der Waals surface area contributed by atoms with Gasteiger partial charge in [0, 0.05) is 76.3 Å². The van der Waals surface area contributed by atoms with Crippen LogP contribution in [0.2, 0.25) is 5.02 Å². The summed E-state index contributed by atoms with van der Waals surface area (Å²) in [6.07, 6.45) is 5.74. The number of carbonyl (C=O) groups excluding carboxylic acids is 1. The number of fused-ring (bicyclic) bond motifs is 1. The molecule has 1 saturated heterocycles. The van der Waals surface area contributed by atoms with Crippen LogP contribution >= 0.6 is 22.9 Å². The van der Waals surface area contributed by atoms with Gasteiger partial charge in [0.15, 0.2) is 10.8 Å². The fourth-order valence-corrected chi connectivity index (χ4v) is 6.68. The van der Waals surface area contributed by atoms with E-state index in [1.54, 1.807) is 18.5 Å². The first-order valence-electron chi connectivity index (χ1n) is 13.4. The topological polar surface area (TPSA) is 88.3 Å². The van der Waals surface area contributed by atoms with E-state index in [0.717, 1.165) is 17.8 Å². The number of benzene rings is 1. The molecule has 13 heteroatoms. The summed E-state index contributed by atoms with van der Waals surface area (Å²) < 4.78 is 41.7. The molecule has 0 radical (unpaired) electrons. The molecule has 0 bridgehead atoms. The fourth-order valence-electron chi connectivity index (χ4n) is 5.77. The quantitative estimate of drug-likeness (QED) is 0.285. The van der Waals surface area contributed by atoms with Gasteiger partial charge >= 0.3 is 6.55 Å². The smallest absolute Gasteiger partial charge is 0.333 e. The van der Waals surface area contributed by atoms with Gasteiger partial charge in [-0.25, -0.2) is 14.1 Å². The highest BCUT2D eigenvalue weighted by molar-refractivity contribution is 7.11. The molecule has 3 aromatic heterocycles. The second-order valence-electron chi connectivity index (χ2n) is 10.4. The van der Waals surface area contributed by atoms with Crippen molar-refractivity contribution in [2.75, 3.05) is 6.54 Å². The fraction of sp³-hybridized carbons (Fsp3) is 0.276. The second kappa shape index (κ2) is 10.7. The minimum Gasteiger partial charge on any atom is -0.351 e. The standard InChI is InChI=1S/C29H23ClF3N7OS/c30-20-11-15(31)4-5-17(20)25-24(22-6-9-40(38-22)29(32)33)23-12-16(14-39(23)26(37-25)28-35-8-10-42-28)36-27(41)19-13-18(19)21-3-1-2-7-34-21/h1-11,16,18-19,25,29H,12-14H2,(H,36,41)/t16-,18+,19+,25-/m0/s1. The van der Waals surface area contributed by atoms with Crippen molar-refractivity contribution in [2.45, 2.75) is 37.4 Å². The lowest BCUT2D eigenvalue weighted by molar-refractivity contribution is -0.123. The molecule has 8 nitrogen and oxygen atoms in total. The van der Waals surface area contributed by atoms with E-state index in [2.05, 4.69) is 20.4 Å². The van der Waals surface area contributed by atoms with Crippen LogP contribution in [0.25, 0.3) is 5.57 Å². The lowest BCUT2D eigenvalue weighted by Gasteiger charge is -2.32. The van der Waals surface area contributed by atoms with Gasteiger partial charge in [0.1, 0.15) is 11.9 Å². The molecule has 4 atom stereocenters. The summed E-state index contributed by atoms with van der Waals surface area (Å²) in [5, 5.41) is 9.99. The molecule has 214 valence electrons. The van der Waals surface area contributed by atoms with E-state index in [1.807, 2.05) is 28.5 Å². The van der Waals surface area contributed by atoms with Crippen molar-refractivity contribution in [3.63, 3.8) is 0 Å². The number of carbonyl (C=O) groups is 1. The Kier molecular flexibility index (Phi) is 6.82. The van der Waals surface area contributed by atoms with Crippen LogP contribution in [-0.2, 0) is 4.79 Å². The molecule has 2 fully saturated rings. The Bertz CT molecular complexity index is 1710. The molecule has 2 aliphatic heterocycles. The van der Waals surface area contributed by atoms with E-state index >= 15 is 0 Å². The number of hydrogen-bond donors (Lipinski definition) is 1. The summed E-state index contributed by atoms with van der Waals surface area (Å²) in [6.45, 7) is -2.42. The number of alkyl halides is 2. The summed E-state index contributed by atoms with van der Waals surface area (Å²) in [5.41, 5.74) is 3.04. The largest absolute Gasteiger partial charge is 0.351 e. The number of aromatic nitrogens is 4. The Morgan fingerprint density at radius 3 is 2.74 bits per heavy atom. The Morgan fingerprint density at radius 1 is 1.14 bits per heavy atom. The van der Waals surface area contributed by atoms with Gasteiger partial charge in [0.2, 0.25) is 5.91 Å². The van der Waals surface area contributed by atoms with Crippen LogP contribution in [0, 0.1) is 11.7 Å². The molecule has 7 rings (SSSR count). The molecule has 3 aliphatic rings. The number of halogens is 4. The SMILES string of the molecule is O=C(N[C@H]1CC2=C(c3ccn(C(F)F)n3)[C@H](c3ccc(F)cc3Cl)N=C(c3nccs3)N2C1)[C@@H]1C[C@H]1c1ccccn1. The molecule has 1 amide bonds. The average Bonchev–Trinajstić information content (AvgIpc) is 3.32. The third-order valence-corrected chi connectivity index (χ3v) is 8.86. The Labute approximate surface area is 247 Å². The summed E-state index contributed by atoms with van der Waals surface area (Å²) in [7, 11) is 0. The number of nitrogens with one attached hydrogen (secondary N) is 1. The van der Waals surface area contributed by atoms with E-state index in [9.17, 15) is 18.0 Å². The van der Waals surface area contributed by atoms with Crippen molar-refractivity contribution >= 4 is 40.3 Å². The zero-order valence-corrected chi connectivity index (χ0v) is 23.4. The molecule has 4 aromatic rings. The highest BCUT2D eigenvalue weighted by Crippen LogP contribution is 2.48. The Morgan fingerprint density at radius 2 is 2.02 bits per heavy atom. The average molecular weight is 610 g/mol. The molecule has 1 N–H and O–H groups in total. The summed E-state index contributed by atoms with van der Waals surface area (Å²) in [6, 6.07) is 10.2. The van der Waals surface area contributed by atoms with Crippen LogP contribution in [0.4, 0.5) is 13.2 Å². The van der Waals surface area contributed by atoms with E-state index < -0.39 is 18.4 Å². The molecule has 5 heterocycles. The lowest BCUT2D eigenvalue weighted by atomic mass is 9.92. The Hall–Kier alpha value is -4.03. The number of pyridine rings is 1. The van der Waals surface area contributed by atoms with Gasteiger partial charge in [-0.15, -0.1) is 11.3 Å². The number of rotatable bonds is 7. The van der Waals surface area contributed by atoms with Gasteiger partial charge in [0.05, 0.1) is 11.7 Å². The number of amidine groups is 1. The van der Waals surface area contributed by atoms with E-state index in [1.165, 1.54) is 35.7 Å². The van der Waals surface area contributed by atoms with Gasteiger partial charge in [-0.3, -0.25) is 14.8 Å². The number of thiazole rings is 1. The van der Waals surface area contributed by atoms with Crippen molar-refractivity contribution in [3.05, 3.63) is 105 Å². The second-order valence-corrected chi connectivity index (χ2v) is 11.7. The monoisotopic (exact) mass is 609 g/mol. The minimum absolute atomic E-state index is 0.0505. The zero-order valence-electron chi connectivity index (χ0n) is 21.9. The summed E-state index contributed by atoms with van der Waals surface area (Å²) in [5.74, 6) is -0.0667. The van der Waals surface area contributed by atoms with Crippen LogP contribution in [0.15, 0.2) is 77.1 Å². The van der Waals surface area contributed by atoms with Crippen molar-refractivity contribution in [2.24, 2.45) is 10.9 Å². The molecular weight excluding hydrogens is 587 g/mol. The predicted molar refractivity (Wildman–Crippen MR) is 152 cm³/mol. The van der Waals surface area contributed by atoms with Crippen molar-refractivity contribution in [3.8, 4) is 0 Å². The van der Waals surface area contributed by atoms with Crippen LogP contribution in [0.3, 0.4) is 0 Å². The first kappa shape index (κ1) is 26.8. The molecule has 1 saturated carbocycles. The van der Waals surface area contributed by atoms with Gasteiger partial charge < -0.3 is 10.2 Å².